The first kappa shape index (κ1) is 21.8. The lowest BCUT2D eigenvalue weighted by Crippen LogP contribution is -2.30. The number of carbonyl (C=O) groups is 2. The fourth-order valence-electron chi connectivity index (χ4n) is 2.95. The lowest BCUT2D eigenvalue weighted by Gasteiger charge is -2.12. The van der Waals surface area contributed by atoms with Gasteiger partial charge in [0.15, 0.2) is 11.9 Å². The minimum Gasteiger partial charge on any atom is -0.447 e. The molecule has 2 heterocycles. The molecule has 1 unspecified atom stereocenters. The summed E-state index contributed by atoms with van der Waals surface area (Å²) < 4.78 is 6.76. The monoisotopic (exact) mass is 463 g/mol. The first-order valence-electron chi connectivity index (χ1n) is 9.75. The molecule has 0 spiro atoms. The number of hydrogen-bond acceptors (Lipinski definition) is 8. The Labute approximate surface area is 191 Å². The van der Waals surface area contributed by atoms with Crippen molar-refractivity contribution in [3.05, 3.63) is 88.0 Å². The van der Waals surface area contributed by atoms with Gasteiger partial charge in [0.05, 0.1) is 15.5 Å². The van der Waals surface area contributed by atoms with E-state index in [2.05, 4.69) is 15.4 Å². The first-order valence-corrected chi connectivity index (χ1v) is 10.6. The van der Waals surface area contributed by atoms with E-state index in [1.165, 1.54) is 41.1 Å². The van der Waals surface area contributed by atoms with Crippen LogP contribution in [0.2, 0.25) is 0 Å². The summed E-state index contributed by atoms with van der Waals surface area (Å²) in [7, 11) is 0. The van der Waals surface area contributed by atoms with Crippen LogP contribution in [-0.4, -0.2) is 37.7 Å². The van der Waals surface area contributed by atoms with Gasteiger partial charge < -0.3 is 10.1 Å². The van der Waals surface area contributed by atoms with Gasteiger partial charge in [-0.2, -0.15) is 4.98 Å². The van der Waals surface area contributed by atoms with Gasteiger partial charge in [0.2, 0.25) is 0 Å². The molecule has 1 N–H and O–H groups in total. The van der Waals surface area contributed by atoms with Crippen LogP contribution in [0.15, 0.2) is 72.1 Å². The number of nitrogens with one attached hydrogen (secondary N) is 1. The predicted octanol–water partition coefficient (Wildman–Crippen LogP) is 4.09. The predicted molar refractivity (Wildman–Crippen MR) is 121 cm³/mol. The molecule has 2 aromatic carbocycles. The topological polar surface area (TPSA) is 129 Å². The molecule has 0 saturated heterocycles. The lowest BCUT2D eigenvalue weighted by atomic mass is 10.2. The Morgan fingerprint density at radius 3 is 2.52 bits per heavy atom. The van der Waals surface area contributed by atoms with Gasteiger partial charge in [-0.1, -0.05) is 36.4 Å². The summed E-state index contributed by atoms with van der Waals surface area (Å²) in [6.07, 6.45) is -1.24. The lowest BCUT2D eigenvalue weighted by molar-refractivity contribution is -0.383. The Morgan fingerprint density at radius 2 is 1.82 bits per heavy atom. The van der Waals surface area contributed by atoms with Crippen molar-refractivity contribution in [2.75, 3.05) is 5.32 Å². The van der Waals surface area contributed by atoms with E-state index in [1.54, 1.807) is 6.07 Å². The number of nitro benzene ring substituents is 1. The van der Waals surface area contributed by atoms with Crippen LogP contribution in [0.25, 0.3) is 16.4 Å². The van der Waals surface area contributed by atoms with Crippen LogP contribution >= 0.6 is 11.3 Å². The van der Waals surface area contributed by atoms with Crippen molar-refractivity contribution in [1.29, 1.82) is 0 Å². The number of thiophene rings is 1. The molecule has 0 bridgehead atoms. The molecule has 0 aliphatic rings. The molecular weight excluding hydrogens is 446 g/mol. The number of anilines is 1. The Hall–Kier alpha value is -4.38. The van der Waals surface area contributed by atoms with Crippen molar-refractivity contribution >= 4 is 34.6 Å². The Kier molecular flexibility index (Phi) is 6.22. The molecule has 1 atom stereocenters. The highest BCUT2D eigenvalue weighted by Crippen LogP contribution is 2.26. The number of amides is 1. The molecule has 0 fully saturated rings. The summed E-state index contributed by atoms with van der Waals surface area (Å²) in [4.78, 5) is 40.8. The molecule has 11 heteroatoms. The van der Waals surface area contributed by atoms with Crippen molar-refractivity contribution in [3.8, 4) is 16.4 Å². The Balaban J connectivity index is 1.54. The summed E-state index contributed by atoms with van der Waals surface area (Å²) >= 11 is 1.44. The normalized spacial score (nSPS) is 11.5. The molecule has 166 valence electrons. The zero-order valence-electron chi connectivity index (χ0n) is 17.2. The molecule has 0 aliphatic heterocycles. The molecule has 0 radical (unpaired) electrons. The smallest absolute Gasteiger partial charge is 0.379 e. The number of benzene rings is 2. The summed E-state index contributed by atoms with van der Waals surface area (Å²) in [5, 5.41) is 19.7. The zero-order chi connectivity index (χ0) is 23.4. The van der Waals surface area contributed by atoms with Gasteiger partial charge in [-0.05, 0) is 36.6 Å². The highest BCUT2D eigenvalue weighted by atomic mass is 32.1. The SMILES string of the molecule is CC(OC(=O)c1nc(-c2cccs2)n(-c2ccccc2)n1)C(=O)Nc1ccccc1[N+](=O)[O-]. The highest BCUT2D eigenvalue weighted by molar-refractivity contribution is 7.13. The number of aromatic nitrogens is 3. The number of nitro groups is 1. The van der Waals surface area contributed by atoms with E-state index in [9.17, 15) is 19.7 Å². The van der Waals surface area contributed by atoms with Crippen LogP contribution < -0.4 is 5.32 Å². The average Bonchev–Trinajstić information content (AvgIpc) is 3.50. The minimum absolute atomic E-state index is 0.00172. The molecule has 2 aromatic heterocycles. The first-order chi connectivity index (χ1) is 15.9. The summed E-state index contributed by atoms with van der Waals surface area (Å²) in [5.74, 6) is -1.38. The van der Waals surface area contributed by atoms with Gasteiger partial charge in [0.25, 0.3) is 17.4 Å². The van der Waals surface area contributed by atoms with Gasteiger partial charge in [-0.3, -0.25) is 14.9 Å². The molecule has 33 heavy (non-hydrogen) atoms. The van der Waals surface area contributed by atoms with Gasteiger partial charge in [-0.25, -0.2) is 9.48 Å². The maximum atomic E-state index is 12.7. The molecule has 1 amide bonds. The van der Waals surface area contributed by atoms with E-state index < -0.39 is 22.9 Å². The van der Waals surface area contributed by atoms with Crippen LogP contribution in [0, 0.1) is 10.1 Å². The number of carbonyl (C=O) groups excluding carboxylic acids is 2. The molecular formula is C22H17N5O5S. The van der Waals surface area contributed by atoms with E-state index in [0.717, 1.165) is 4.88 Å². The largest absolute Gasteiger partial charge is 0.447 e. The third kappa shape index (κ3) is 4.77. The Morgan fingerprint density at radius 1 is 1.09 bits per heavy atom. The fraction of sp³-hybridized carbons (Fsp3) is 0.0909. The van der Waals surface area contributed by atoms with E-state index in [-0.39, 0.29) is 17.2 Å². The number of esters is 1. The van der Waals surface area contributed by atoms with Crippen LogP contribution in [0.5, 0.6) is 0 Å². The zero-order valence-corrected chi connectivity index (χ0v) is 18.1. The van der Waals surface area contributed by atoms with E-state index >= 15 is 0 Å². The van der Waals surface area contributed by atoms with Crippen LogP contribution in [-0.2, 0) is 9.53 Å². The second-order valence-electron chi connectivity index (χ2n) is 6.79. The van der Waals surface area contributed by atoms with E-state index in [1.807, 2.05) is 47.8 Å². The highest BCUT2D eigenvalue weighted by Gasteiger charge is 2.26. The standard InChI is InChI=1S/C22H17N5O5S/c1-14(21(28)23-16-10-5-6-11-17(16)27(30)31)32-22(29)19-24-20(18-12-7-13-33-18)26(25-19)15-8-3-2-4-9-15/h2-14H,1H3,(H,23,28). The molecule has 0 aliphatic carbocycles. The number of hydrogen-bond donors (Lipinski definition) is 1. The van der Waals surface area contributed by atoms with Crippen molar-refractivity contribution in [2.45, 2.75) is 13.0 Å². The second-order valence-corrected chi connectivity index (χ2v) is 7.74. The van der Waals surface area contributed by atoms with Crippen molar-refractivity contribution in [2.24, 2.45) is 0 Å². The number of para-hydroxylation sites is 3. The van der Waals surface area contributed by atoms with Gasteiger partial charge in [0.1, 0.15) is 5.69 Å². The van der Waals surface area contributed by atoms with E-state index in [0.29, 0.717) is 11.5 Å². The second kappa shape index (κ2) is 9.40. The number of rotatable bonds is 7. The fourth-order valence-corrected chi connectivity index (χ4v) is 3.65. The molecule has 4 aromatic rings. The molecule has 10 nitrogen and oxygen atoms in total. The summed E-state index contributed by atoms with van der Waals surface area (Å²) in [6.45, 7) is 1.36. The molecule has 4 rings (SSSR count). The van der Waals surface area contributed by atoms with Gasteiger partial charge >= 0.3 is 5.97 Å². The van der Waals surface area contributed by atoms with Crippen molar-refractivity contribution < 1.29 is 19.2 Å². The van der Waals surface area contributed by atoms with Crippen molar-refractivity contribution in [1.82, 2.24) is 14.8 Å². The summed E-state index contributed by atoms with van der Waals surface area (Å²) in [6, 6.07) is 18.6. The minimum atomic E-state index is -1.24. The number of nitrogens with zero attached hydrogens (tertiary/aromatic N) is 4. The average molecular weight is 463 g/mol. The third-order valence-corrected chi connectivity index (χ3v) is 5.41. The third-order valence-electron chi connectivity index (χ3n) is 4.54. The van der Waals surface area contributed by atoms with Crippen molar-refractivity contribution in [3.63, 3.8) is 0 Å². The van der Waals surface area contributed by atoms with E-state index in [4.69, 9.17) is 4.74 Å². The van der Waals surface area contributed by atoms with Crippen LogP contribution in [0.4, 0.5) is 11.4 Å². The van der Waals surface area contributed by atoms with Gasteiger partial charge in [-0.15, -0.1) is 16.4 Å². The van der Waals surface area contributed by atoms with Crippen LogP contribution in [0.1, 0.15) is 17.5 Å². The number of ether oxygens (including phenoxy) is 1. The maximum Gasteiger partial charge on any atom is 0.379 e. The quantitative estimate of drug-likeness (QED) is 0.248. The van der Waals surface area contributed by atoms with Crippen LogP contribution in [0.3, 0.4) is 0 Å². The Bertz CT molecular complexity index is 1300. The summed E-state index contributed by atoms with van der Waals surface area (Å²) in [5.41, 5.74) is 0.435. The maximum absolute atomic E-state index is 12.7. The molecule has 0 saturated carbocycles. The van der Waals surface area contributed by atoms with Gasteiger partial charge in [0, 0.05) is 6.07 Å².